The molecule has 0 saturated carbocycles. The second kappa shape index (κ2) is 5.76. The van der Waals surface area contributed by atoms with Crippen molar-refractivity contribution in [3.05, 3.63) is 29.8 Å². The average molecular weight is 290 g/mol. The van der Waals surface area contributed by atoms with Crippen LogP contribution < -0.4 is 10.2 Å². The molecule has 0 radical (unpaired) electrons. The number of benzene rings is 1. The van der Waals surface area contributed by atoms with Crippen LogP contribution in [0.4, 0.5) is 10.5 Å². The highest BCUT2D eigenvalue weighted by Gasteiger charge is 2.30. The number of nitrogens with zero attached hydrogens (tertiary/aromatic N) is 1. The Kier molecular flexibility index (Phi) is 4.21. The van der Waals surface area contributed by atoms with Crippen molar-refractivity contribution in [3.8, 4) is 0 Å². The minimum Gasteiger partial charge on any atom is -0.481 e. The first-order valence-corrected chi connectivity index (χ1v) is 7.18. The maximum Gasteiger partial charge on any atom is 0.322 e. The van der Waals surface area contributed by atoms with Crippen molar-refractivity contribution in [1.29, 1.82) is 0 Å². The van der Waals surface area contributed by atoms with Crippen molar-refractivity contribution < 1.29 is 14.7 Å². The number of amides is 2. The number of urea groups is 1. The number of aliphatic carboxylic acids is 1. The molecule has 1 aromatic rings. The number of para-hydroxylation sites is 1. The van der Waals surface area contributed by atoms with Crippen molar-refractivity contribution in [2.24, 2.45) is 5.92 Å². The Labute approximate surface area is 125 Å². The van der Waals surface area contributed by atoms with Gasteiger partial charge in [0.2, 0.25) is 0 Å². The van der Waals surface area contributed by atoms with Gasteiger partial charge in [-0.2, -0.15) is 0 Å². The molecule has 2 amide bonds. The maximum absolute atomic E-state index is 12.5. The van der Waals surface area contributed by atoms with Crippen LogP contribution in [0.2, 0.25) is 0 Å². The minimum absolute atomic E-state index is 0.107. The molecule has 1 heterocycles. The molecule has 114 valence electrons. The molecule has 21 heavy (non-hydrogen) atoms. The highest BCUT2D eigenvalue weighted by atomic mass is 16.4. The second-order valence-electron chi connectivity index (χ2n) is 6.43. The molecule has 1 unspecified atom stereocenters. The lowest BCUT2D eigenvalue weighted by Gasteiger charge is -2.35. The lowest BCUT2D eigenvalue weighted by Crippen LogP contribution is -2.53. The molecular formula is C16H22N2O3. The SMILES string of the molecule is CC1Cc2ccccc2N(C(=O)NC(C)(C)CC(=O)O)C1. The van der Waals surface area contributed by atoms with E-state index in [1.807, 2.05) is 24.3 Å². The van der Waals surface area contributed by atoms with Gasteiger partial charge in [0.25, 0.3) is 0 Å². The van der Waals surface area contributed by atoms with Crippen LogP contribution >= 0.6 is 0 Å². The number of hydrogen-bond acceptors (Lipinski definition) is 2. The van der Waals surface area contributed by atoms with Crippen LogP contribution in [0.25, 0.3) is 0 Å². The molecule has 5 nitrogen and oxygen atoms in total. The fraction of sp³-hybridized carbons (Fsp3) is 0.500. The van der Waals surface area contributed by atoms with Crippen LogP contribution in [0.15, 0.2) is 24.3 Å². The largest absolute Gasteiger partial charge is 0.481 e. The first-order valence-electron chi connectivity index (χ1n) is 7.18. The van der Waals surface area contributed by atoms with Crippen LogP contribution in [0.1, 0.15) is 32.8 Å². The van der Waals surface area contributed by atoms with Crippen LogP contribution in [0.3, 0.4) is 0 Å². The third-order valence-corrected chi connectivity index (χ3v) is 3.63. The van der Waals surface area contributed by atoms with Crippen molar-refractivity contribution in [2.45, 2.75) is 39.2 Å². The molecule has 2 N–H and O–H groups in total. The van der Waals surface area contributed by atoms with Gasteiger partial charge in [-0.15, -0.1) is 0 Å². The van der Waals surface area contributed by atoms with Crippen LogP contribution in [-0.4, -0.2) is 29.2 Å². The topological polar surface area (TPSA) is 69.6 Å². The molecule has 0 saturated heterocycles. The third kappa shape index (κ3) is 3.74. The van der Waals surface area contributed by atoms with Gasteiger partial charge in [0.1, 0.15) is 0 Å². The molecule has 0 fully saturated rings. The minimum atomic E-state index is -0.923. The summed E-state index contributed by atoms with van der Waals surface area (Å²) in [6, 6.07) is 7.62. The Morgan fingerprint density at radius 1 is 1.38 bits per heavy atom. The van der Waals surface area contributed by atoms with Gasteiger partial charge in [-0.1, -0.05) is 25.1 Å². The Hall–Kier alpha value is -2.04. The van der Waals surface area contributed by atoms with Crippen LogP contribution in [-0.2, 0) is 11.2 Å². The van der Waals surface area contributed by atoms with Gasteiger partial charge >= 0.3 is 12.0 Å². The predicted octanol–water partition coefficient (Wildman–Crippen LogP) is 2.65. The van der Waals surface area contributed by atoms with Gasteiger partial charge in [0.05, 0.1) is 6.42 Å². The molecule has 1 aliphatic rings. The summed E-state index contributed by atoms with van der Waals surface area (Å²) in [7, 11) is 0. The van der Waals surface area contributed by atoms with Gasteiger partial charge in [-0.05, 0) is 37.8 Å². The van der Waals surface area contributed by atoms with E-state index in [0.29, 0.717) is 12.5 Å². The van der Waals surface area contributed by atoms with Gasteiger partial charge in [0.15, 0.2) is 0 Å². The number of carboxylic acids is 1. The smallest absolute Gasteiger partial charge is 0.322 e. The summed E-state index contributed by atoms with van der Waals surface area (Å²) >= 11 is 0. The van der Waals surface area contributed by atoms with E-state index in [4.69, 9.17) is 5.11 Å². The van der Waals surface area contributed by atoms with E-state index in [-0.39, 0.29) is 12.5 Å². The monoisotopic (exact) mass is 290 g/mol. The van der Waals surface area contributed by atoms with Gasteiger partial charge in [-0.3, -0.25) is 9.69 Å². The highest BCUT2D eigenvalue weighted by Crippen LogP contribution is 2.29. The van der Waals surface area contributed by atoms with Crippen molar-refractivity contribution in [1.82, 2.24) is 5.32 Å². The van der Waals surface area contributed by atoms with Gasteiger partial charge in [-0.25, -0.2) is 4.79 Å². The van der Waals surface area contributed by atoms with Gasteiger partial charge in [0, 0.05) is 17.8 Å². The van der Waals surface area contributed by atoms with Crippen LogP contribution in [0.5, 0.6) is 0 Å². The summed E-state index contributed by atoms with van der Waals surface area (Å²) < 4.78 is 0. The summed E-state index contributed by atoms with van der Waals surface area (Å²) in [5, 5.41) is 11.7. The number of rotatable bonds is 3. The predicted molar refractivity (Wildman–Crippen MR) is 81.5 cm³/mol. The summed E-state index contributed by atoms with van der Waals surface area (Å²) in [5.41, 5.74) is 1.29. The van der Waals surface area contributed by atoms with Gasteiger partial charge < -0.3 is 10.4 Å². The quantitative estimate of drug-likeness (QED) is 0.899. The number of carbonyl (C=O) groups excluding carboxylic acids is 1. The summed E-state index contributed by atoms with van der Waals surface area (Å²) in [6.07, 6.45) is 0.849. The van der Waals surface area contributed by atoms with Crippen LogP contribution in [0, 0.1) is 5.92 Å². The Bertz CT molecular complexity index is 554. The number of carboxylic acid groups (broad SMARTS) is 1. The number of fused-ring (bicyclic) bond motifs is 1. The fourth-order valence-corrected chi connectivity index (χ4v) is 2.77. The third-order valence-electron chi connectivity index (χ3n) is 3.63. The van der Waals surface area contributed by atoms with E-state index >= 15 is 0 Å². The Morgan fingerprint density at radius 3 is 2.71 bits per heavy atom. The summed E-state index contributed by atoms with van der Waals surface area (Å²) in [5.74, 6) is -0.541. The Balaban J connectivity index is 2.18. The molecule has 5 heteroatoms. The summed E-state index contributed by atoms with van der Waals surface area (Å²) in [4.78, 5) is 25.1. The molecular weight excluding hydrogens is 268 g/mol. The first kappa shape index (κ1) is 15.4. The number of anilines is 1. The van der Waals surface area contributed by atoms with Crippen molar-refractivity contribution >= 4 is 17.7 Å². The van der Waals surface area contributed by atoms with Crippen molar-refractivity contribution in [3.63, 3.8) is 0 Å². The molecule has 2 rings (SSSR count). The van der Waals surface area contributed by atoms with E-state index in [2.05, 4.69) is 12.2 Å². The van der Waals surface area contributed by atoms with E-state index in [1.165, 1.54) is 0 Å². The normalized spacial score (nSPS) is 18.0. The average Bonchev–Trinajstić information content (AvgIpc) is 2.35. The molecule has 0 aliphatic carbocycles. The molecule has 0 aromatic heterocycles. The Morgan fingerprint density at radius 2 is 2.05 bits per heavy atom. The molecule has 1 atom stereocenters. The fourth-order valence-electron chi connectivity index (χ4n) is 2.77. The number of carbonyl (C=O) groups is 2. The van der Waals surface area contributed by atoms with Crippen molar-refractivity contribution in [2.75, 3.05) is 11.4 Å². The zero-order valence-electron chi connectivity index (χ0n) is 12.7. The molecule has 0 bridgehead atoms. The lowest BCUT2D eigenvalue weighted by atomic mass is 9.94. The zero-order valence-corrected chi connectivity index (χ0v) is 12.7. The molecule has 1 aliphatic heterocycles. The van der Waals surface area contributed by atoms with E-state index in [0.717, 1.165) is 17.7 Å². The lowest BCUT2D eigenvalue weighted by molar-refractivity contribution is -0.138. The van der Waals surface area contributed by atoms with E-state index in [1.54, 1.807) is 18.7 Å². The van der Waals surface area contributed by atoms with E-state index in [9.17, 15) is 9.59 Å². The zero-order chi connectivity index (χ0) is 15.6. The number of hydrogen-bond donors (Lipinski definition) is 2. The standard InChI is InChI=1S/C16H22N2O3/c1-11-8-12-6-4-5-7-13(12)18(10-11)15(21)17-16(2,3)9-14(19)20/h4-7,11H,8-10H2,1-3H3,(H,17,21)(H,19,20). The second-order valence-corrected chi connectivity index (χ2v) is 6.43. The maximum atomic E-state index is 12.5. The van der Waals surface area contributed by atoms with E-state index < -0.39 is 11.5 Å². The molecule has 1 aromatic carbocycles. The first-order chi connectivity index (χ1) is 9.78. The highest BCUT2D eigenvalue weighted by molar-refractivity contribution is 5.94. The number of nitrogens with one attached hydrogen (secondary N) is 1. The molecule has 0 spiro atoms. The summed E-state index contributed by atoms with van der Waals surface area (Å²) in [6.45, 7) is 6.20.